The maximum Gasteiger partial charge on any atom is 0.0757 e. The van der Waals surface area contributed by atoms with E-state index in [4.69, 9.17) is 4.74 Å². The highest BCUT2D eigenvalue weighted by Crippen LogP contribution is 2.62. The highest BCUT2D eigenvalue weighted by molar-refractivity contribution is 5.13. The van der Waals surface area contributed by atoms with Crippen molar-refractivity contribution < 1.29 is 4.74 Å². The summed E-state index contributed by atoms with van der Waals surface area (Å²) in [5.74, 6) is 1.81. The summed E-state index contributed by atoms with van der Waals surface area (Å²) in [5.41, 5.74) is 1.02. The van der Waals surface area contributed by atoms with Gasteiger partial charge in [-0.25, -0.2) is 0 Å². The molecule has 108 valence electrons. The zero-order valence-electron chi connectivity index (χ0n) is 12.7. The van der Waals surface area contributed by atoms with Gasteiger partial charge in [0, 0.05) is 18.7 Å². The van der Waals surface area contributed by atoms with Crippen LogP contribution in [0.4, 0.5) is 0 Å². The van der Waals surface area contributed by atoms with E-state index in [0.29, 0.717) is 29.0 Å². The Morgan fingerprint density at radius 1 is 1.05 bits per heavy atom. The largest absolute Gasteiger partial charge is 0.376 e. The Morgan fingerprint density at radius 2 is 1.84 bits per heavy atom. The smallest absolute Gasteiger partial charge is 0.0757 e. The average Bonchev–Trinajstić information content (AvgIpc) is 2.89. The third-order valence-electron chi connectivity index (χ3n) is 6.87. The van der Waals surface area contributed by atoms with Gasteiger partial charge in [-0.2, -0.15) is 0 Å². The second kappa shape index (κ2) is 3.98. The van der Waals surface area contributed by atoms with Crippen LogP contribution in [0.2, 0.25) is 0 Å². The first-order chi connectivity index (χ1) is 9.01. The summed E-state index contributed by atoms with van der Waals surface area (Å²) in [7, 11) is 0. The predicted molar refractivity (Wildman–Crippen MR) is 77.0 cm³/mol. The second-order valence-corrected chi connectivity index (χ2v) is 8.58. The summed E-state index contributed by atoms with van der Waals surface area (Å²) >= 11 is 0. The van der Waals surface area contributed by atoms with Crippen LogP contribution in [-0.4, -0.2) is 24.8 Å². The normalized spacial score (nSPS) is 51.9. The molecule has 2 bridgehead atoms. The predicted octanol–water partition coefficient (Wildman–Crippen LogP) is 3.36. The van der Waals surface area contributed by atoms with Crippen LogP contribution in [0.15, 0.2) is 0 Å². The first kappa shape index (κ1) is 12.6. The topological polar surface area (TPSA) is 21.3 Å². The Hall–Kier alpha value is -0.0800. The number of nitrogens with one attached hydrogen (secondary N) is 1. The van der Waals surface area contributed by atoms with Crippen LogP contribution in [0.3, 0.4) is 0 Å². The molecule has 4 fully saturated rings. The zero-order chi connectivity index (χ0) is 13.3. The van der Waals surface area contributed by atoms with Crippen molar-refractivity contribution in [1.82, 2.24) is 5.32 Å². The number of hydrogen-bond acceptors (Lipinski definition) is 2. The van der Waals surface area contributed by atoms with Crippen LogP contribution in [0.25, 0.3) is 0 Å². The van der Waals surface area contributed by atoms with Gasteiger partial charge in [-0.3, -0.25) is 0 Å². The lowest BCUT2D eigenvalue weighted by Crippen LogP contribution is -2.55. The Kier molecular flexibility index (Phi) is 2.65. The third-order valence-corrected chi connectivity index (χ3v) is 6.87. The highest BCUT2D eigenvalue weighted by atomic mass is 16.5. The molecule has 2 heteroatoms. The number of ether oxygens (including phenoxy) is 1. The van der Waals surface area contributed by atoms with E-state index in [2.05, 4.69) is 26.1 Å². The summed E-state index contributed by atoms with van der Waals surface area (Å²) in [6.45, 7) is 8.51. The lowest BCUT2D eigenvalue weighted by atomic mass is 9.68. The molecule has 0 spiro atoms. The maximum atomic E-state index is 6.02. The van der Waals surface area contributed by atoms with E-state index in [9.17, 15) is 0 Å². The fourth-order valence-corrected chi connectivity index (χ4v) is 5.61. The maximum absolute atomic E-state index is 6.02. The second-order valence-electron chi connectivity index (χ2n) is 8.58. The van der Waals surface area contributed by atoms with E-state index in [1.54, 1.807) is 0 Å². The molecule has 1 heterocycles. The van der Waals surface area contributed by atoms with Crippen molar-refractivity contribution in [2.75, 3.05) is 6.61 Å². The van der Waals surface area contributed by atoms with Crippen LogP contribution < -0.4 is 5.32 Å². The zero-order valence-corrected chi connectivity index (χ0v) is 12.7. The SMILES string of the molecule is CC12CCC(C1)C(C)(C)C2NC1CCOC1C1CC1. The lowest BCUT2D eigenvalue weighted by Gasteiger charge is -2.45. The Balaban J connectivity index is 1.52. The fraction of sp³-hybridized carbons (Fsp3) is 1.00. The molecule has 3 aliphatic carbocycles. The summed E-state index contributed by atoms with van der Waals surface area (Å²) < 4.78 is 6.02. The molecule has 5 atom stereocenters. The van der Waals surface area contributed by atoms with Gasteiger partial charge in [-0.15, -0.1) is 0 Å². The van der Waals surface area contributed by atoms with Crippen molar-refractivity contribution in [1.29, 1.82) is 0 Å². The summed E-state index contributed by atoms with van der Waals surface area (Å²) in [4.78, 5) is 0. The molecule has 4 aliphatic rings. The lowest BCUT2D eigenvalue weighted by molar-refractivity contribution is 0.0537. The summed E-state index contributed by atoms with van der Waals surface area (Å²) in [6.07, 6.45) is 8.88. The van der Waals surface area contributed by atoms with E-state index in [1.807, 2.05) is 0 Å². The average molecular weight is 263 g/mol. The molecular formula is C17H29NO. The molecule has 0 amide bonds. The number of fused-ring (bicyclic) bond motifs is 2. The van der Waals surface area contributed by atoms with E-state index >= 15 is 0 Å². The van der Waals surface area contributed by atoms with Crippen molar-refractivity contribution in [2.24, 2.45) is 22.7 Å². The van der Waals surface area contributed by atoms with Crippen molar-refractivity contribution in [3.8, 4) is 0 Å². The molecule has 4 rings (SSSR count). The number of hydrogen-bond donors (Lipinski definition) is 1. The van der Waals surface area contributed by atoms with Gasteiger partial charge in [-0.05, 0) is 61.2 Å². The van der Waals surface area contributed by atoms with Crippen molar-refractivity contribution in [2.45, 2.75) is 77.5 Å². The molecule has 1 saturated heterocycles. The highest BCUT2D eigenvalue weighted by Gasteiger charge is 2.60. The van der Waals surface area contributed by atoms with Gasteiger partial charge in [0.15, 0.2) is 0 Å². The summed E-state index contributed by atoms with van der Waals surface area (Å²) in [6, 6.07) is 1.33. The van der Waals surface area contributed by atoms with E-state index < -0.39 is 0 Å². The van der Waals surface area contributed by atoms with Crippen LogP contribution >= 0.6 is 0 Å². The van der Waals surface area contributed by atoms with Crippen LogP contribution in [-0.2, 0) is 4.74 Å². The molecule has 0 aromatic heterocycles. The summed E-state index contributed by atoms with van der Waals surface area (Å²) in [5, 5.41) is 4.09. The van der Waals surface area contributed by atoms with E-state index in [0.717, 1.165) is 18.4 Å². The first-order valence-corrected chi connectivity index (χ1v) is 8.38. The molecular weight excluding hydrogens is 234 g/mol. The monoisotopic (exact) mass is 263 g/mol. The minimum absolute atomic E-state index is 0.476. The van der Waals surface area contributed by atoms with Gasteiger partial charge in [0.1, 0.15) is 0 Å². The van der Waals surface area contributed by atoms with Crippen LogP contribution in [0, 0.1) is 22.7 Å². The van der Waals surface area contributed by atoms with Gasteiger partial charge in [0.25, 0.3) is 0 Å². The minimum atomic E-state index is 0.476. The van der Waals surface area contributed by atoms with Gasteiger partial charge in [-0.1, -0.05) is 20.8 Å². The van der Waals surface area contributed by atoms with Gasteiger partial charge < -0.3 is 10.1 Å². The molecule has 5 unspecified atom stereocenters. The Bertz CT molecular complexity index is 371. The molecule has 3 saturated carbocycles. The van der Waals surface area contributed by atoms with Crippen molar-refractivity contribution >= 4 is 0 Å². The van der Waals surface area contributed by atoms with Crippen molar-refractivity contribution in [3.05, 3.63) is 0 Å². The molecule has 2 nitrogen and oxygen atoms in total. The van der Waals surface area contributed by atoms with Gasteiger partial charge in [0.2, 0.25) is 0 Å². The van der Waals surface area contributed by atoms with Crippen LogP contribution in [0.1, 0.15) is 59.3 Å². The quantitative estimate of drug-likeness (QED) is 0.843. The standard InChI is InChI=1S/C17H29NO/c1-16(2)12-6-8-17(3,10-12)15(16)18-13-7-9-19-14(13)11-4-5-11/h11-15,18H,4-10H2,1-3H3. The van der Waals surface area contributed by atoms with Crippen molar-refractivity contribution in [3.63, 3.8) is 0 Å². The minimum Gasteiger partial charge on any atom is -0.376 e. The number of rotatable bonds is 3. The first-order valence-electron chi connectivity index (χ1n) is 8.38. The molecule has 0 radical (unpaired) electrons. The van der Waals surface area contributed by atoms with E-state index in [1.165, 1.54) is 38.5 Å². The van der Waals surface area contributed by atoms with Gasteiger partial charge >= 0.3 is 0 Å². The van der Waals surface area contributed by atoms with E-state index in [-0.39, 0.29) is 0 Å². The Morgan fingerprint density at radius 3 is 2.47 bits per heavy atom. The molecule has 1 aliphatic heterocycles. The fourth-order valence-electron chi connectivity index (χ4n) is 5.61. The molecule has 19 heavy (non-hydrogen) atoms. The molecule has 0 aromatic rings. The third kappa shape index (κ3) is 1.82. The Labute approximate surface area is 117 Å². The van der Waals surface area contributed by atoms with Gasteiger partial charge in [0.05, 0.1) is 6.10 Å². The van der Waals surface area contributed by atoms with Crippen LogP contribution in [0.5, 0.6) is 0 Å². The molecule has 0 aromatic carbocycles. The molecule has 1 N–H and O–H groups in total.